The first-order chi connectivity index (χ1) is 15.9. The van der Waals surface area contributed by atoms with Crippen molar-refractivity contribution < 1.29 is 8.42 Å². The van der Waals surface area contributed by atoms with Gasteiger partial charge in [0.15, 0.2) is 5.65 Å². The lowest BCUT2D eigenvalue weighted by molar-refractivity contribution is 0.580. The normalized spacial score (nSPS) is 11.7. The Labute approximate surface area is 206 Å². The zero-order chi connectivity index (χ0) is 23.4. The summed E-state index contributed by atoms with van der Waals surface area (Å²) >= 11 is 9.91. The molecule has 0 bridgehead atoms. The Morgan fingerprint density at radius 1 is 1.06 bits per heavy atom. The van der Waals surface area contributed by atoms with Crippen LogP contribution in [0.25, 0.3) is 16.9 Å². The molecule has 0 unspecified atom stereocenters. The minimum Gasteiger partial charge on any atom is -0.366 e. The van der Waals surface area contributed by atoms with Gasteiger partial charge < -0.3 is 5.32 Å². The van der Waals surface area contributed by atoms with Crippen LogP contribution in [0.1, 0.15) is 24.5 Å². The zero-order valence-electron chi connectivity index (χ0n) is 17.9. The van der Waals surface area contributed by atoms with Crippen LogP contribution in [-0.4, -0.2) is 28.8 Å². The van der Waals surface area contributed by atoms with Crippen molar-refractivity contribution in [1.82, 2.24) is 19.3 Å². The highest BCUT2D eigenvalue weighted by molar-refractivity contribution is 9.10. The second-order valence-electron chi connectivity index (χ2n) is 7.54. The predicted molar refractivity (Wildman–Crippen MR) is 136 cm³/mol. The fourth-order valence-corrected chi connectivity index (χ4v) is 5.02. The van der Waals surface area contributed by atoms with Crippen molar-refractivity contribution in [3.8, 4) is 11.3 Å². The van der Waals surface area contributed by atoms with E-state index >= 15 is 0 Å². The molecule has 2 N–H and O–H groups in total. The van der Waals surface area contributed by atoms with E-state index in [9.17, 15) is 8.42 Å². The molecule has 2 aromatic heterocycles. The molecule has 4 rings (SSSR count). The maximum absolute atomic E-state index is 11.8. The number of benzene rings is 2. The van der Waals surface area contributed by atoms with E-state index in [1.54, 1.807) is 10.7 Å². The molecule has 4 aromatic rings. The van der Waals surface area contributed by atoms with Crippen LogP contribution in [0.4, 0.5) is 5.82 Å². The number of hydrogen-bond acceptors (Lipinski definition) is 5. The Kier molecular flexibility index (Phi) is 7.33. The van der Waals surface area contributed by atoms with E-state index in [1.165, 1.54) is 0 Å². The van der Waals surface area contributed by atoms with Crippen LogP contribution in [-0.2, 0) is 23.1 Å². The number of halogens is 2. The molecule has 33 heavy (non-hydrogen) atoms. The van der Waals surface area contributed by atoms with E-state index < -0.39 is 10.0 Å². The van der Waals surface area contributed by atoms with Gasteiger partial charge in [0.2, 0.25) is 10.0 Å². The van der Waals surface area contributed by atoms with Crippen molar-refractivity contribution >= 4 is 49.0 Å². The van der Waals surface area contributed by atoms with Gasteiger partial charge in [-0.25, -0.2) is 18.1 Å². The highest BCUT2D eigenvalue weighted by Crippen LogP contribution is 2.30. The molecule has 0 atom stereocenters. The lowest BCUT2D eigenvalue weighted by atomic mass is 10.1. The van der Waals surface area contributed by atoms with E-state index in [2.05, 4.69) is 31.1 Å². The monoisotopic (exact) mass is 547 g/mol. The summed E-state index contributed by atoms with van der Waals surface area (Å²) in [7, 11) is -3.23. The smallest absolute Gasteiger partial charge is 0.211 e. The minimum absolute atomic E-state index is 0.134. The Morgan fingerprint density at radius 3 is 2.45 bits per heavy atom. The molecule has 7 nitrogen and oxygen atoms in total. The molecule has 0 aliphatic heterocycles. The van der Waals surface area contributed by atoms with E-state index in [0.717, 1.165) is 32.7 Å². The van der Waals surface area contributed by atoms with Crippen molar-refractivity contribution in [3.63, 3.8) is 0 Å². The number of nitrogens with one attached hydrogen (secondary N) is 2. The SMILES string of the molecule is CCCS(=O)(=O)NCc1ccc(CNc2cc(-c3ccccc3Cl)nc3c(Br)cnn23)cc1. The minimum atomic E-state index is -3.23. The van der Waals surface area contributed by atoms with Crippen molar-refractivity contribution in [2.24, 2.45) is 0 Å². The summed E-state index contributed by atoms with van der Waals surface area (Å²) in [5.41, 5.74) is 4.22. The van der Waals surface area contributed by atoms with Crippen LogP contribution < -0.4 is 10.0 Å². The largest absolute Gasteiger partial charge is 0.366 e. The maximum atomic E-state index is 11.8. The number of fused-ring (bicyclic) bond motifs is 1. The van der Waals surface area contributed by atoms with Gasteiger partial charge in [-0.1, -0.05) is 61.0 Å². The average molecular weight is 549 g/mol. The standard InChI is InChI=1S/C23H23BrClN5O2S/c1-2-11-33(31,32)28-14-17-9-7-16(8-10-17)13-26-22-12-21(18-5-3-4-6-20(18)25)29-23-19(24)15-27-30(22)23/h3-10,12,15,26,28H,2,11,13-14H2,1H3. The Morgan fingerprint density at radius 2 is 1.76 bits per heavy atom. The fourth-order valence-electron chi connectivity index (χ4n) is 3.37. The summed E-state index contributed by atoms with van der Waals surface area (Å²) in [6.45, 7) is 2.68. The van der Waals surface area contributed by atoms with Gasteiger partial charge in [-0.3, -0.25) is 0 Å². The van der Waals surface area contributed by atoms with Crippen molar-refractivity contribution in [3.05, 3.63) is 81.4 Å². The molecular formula is C23H23BrClN5O2S. The van der Waals surface area contributed by atoms with E-state index in [0.29, 0.717) is 23.6 Å². The molecule has 0 amide bonds. The van der Waals surface area contributed by atoms with Crippen LogP contribution in [0.3, 0.4) is 0 Å². The van der Waals surface area contributed by atoms with Crippen LogP contribution in [0.15, 0.2) is 65.3 Å². The molecule has 0 saturated carbocycles. The van der Waals surface area contributed by atoms with E-state index in [-0.39, 0.29) is 12.3 Å². The summed E-state index contributed by atoms with van der Waals surface area (Å²) in [6.07, 6.45) is 2.30. The summed E-state index contributed by atoms with van der Waals surface area (Å²) in [6, 6.07) is 17.3. The van der Waals surface area contributed by atoms with Crippen LogP contribution >= 0.6 is 27.5 Å². The first-order valence-corrected chi connectivity index (χ1v) is 13.3. The predicted octanol–water partition coefficient (Wildman–Crippen LogP) is 5.25. The second kappa shape index (κ2) is 10.2. The molecule has 0 aliphatic carbocycles. The Balaban J connectivity index is 1.52. The topological polar surface area (TPSA) is 88.4 Å². The van der Waals surface area contributed by atoms with Crippen molar-refractivity contribution in [2.75, 3.05) is 11.1 Å². The van der Waals surface area contributed by atoms with Crippen molar-refractivity contribution in [2.45, 2.75) is 26.4 Å². The third kappa shape index (κ3) is 5.73. The molecule has 0 radical (unpaired) electrons. The average Bonchev–Trinajstić information content (AvgIpc) is 3.18. The Bertz CT molecular complexity index is 1370. The molecule has 2 aromatic carbocycles. The number of anilines is 1. The molecule has 0 saturated heterocycles. The molecule has 0 aliphatic rings. The number of rotatable bonds is 9. The van der Waals surface area contributed by atoms with E-state index in [4.69, 9.17) is 16.6 Å². The van der Waals surface area contributed by atoms with Gasteiger partial charge in [0, 0.05) is 29.7 Å². The third-order valence-electron chi connectivity index (χ3n) is 5.04. The maximum Gasteiger partial charge on any atom is 0.211 e. The van der Waals surface area contributed by atoms with E-state index in [1.807, 2.05) is 61.5 Å². The third-order valence-corrected chi connectivity index (χ3v) is 7.46. The molecule has 172 valence electrons. The molecule has 2 heterocycles. The molecule has 0 fully saturated rings. The first kappa shape index (κ1) is 23.7. The highest BCUT2D eigenvalue weighted by atomic mass is 79.9. The number of aromatic nitrogens is 3. The first-order valence-electron chi connectivity index (χ1n) is 10.4. The van der Waals surface area contributed by atoms with Gasteiger partial charge in [-0.2, -0.15) is 9.61 Å². The summed E-state index contributed by atoms with van der Waals surface area (Å²) in [4.78, 5) is 4.72. The van der Waals surface area contributed by atoms with Gasteiger partial charge in [0.05, 0.1) is 22.1 Å². The molecule has 10 heteroatoms. The van der Waals surface area contributed by atoms with Gasteiger partial charge in [-0.05, 0) is 39.5 Å². The molecular weight excluding hydrogens is 526 g/mol. The lowest BCUT2D eigenvalue weighted by Crippen LogP contribution is -2.25. The van der Waals surface area contributed by atoms with Crippen LogP contribution in [0, 0.1) is 0 Å². The zero-order valence-corrected chi connectivity index (χ0v) is 21.1. The number of hydrogen-bond donors (Lipinski definition) is 2. The van der Waals surface area contributed by atoms with Gasteiger partial charge in [-0.15, -0.1) is 0 Å². The summed E-state index contributed by atoms with van der Waals surface area (Å²) < 4.78 is 28.8. The van der Waals surface area contributed by atoms with Gasteiger partial charge in [0.1, 0.15) is 5.82 Å². The van der Waals surface area contributed by atoms with Crippen molar-refractivity contribution in [1.29, 1.82) is 0 Å². The summed E-state index contributed by atoms with van der Waals surface area (Å²) in [5.74, 6) is 0.909. The van der Waals surface area contributed by atoms with Gasteiger partial charge in [0.25, 0.3) is 0 Å². The number of nitrogens with zero attached hydrogens (tertiary/aromatic N) is 3. The fraction of sp³-hybridized carbons (Fsp3) is 0.217. The van der Waals surface area contributed by atoms with Crippen LogP contribution in [0.2, 0.25) is 5.02 Å². The van der Waals surface area contributed by atoms with Crippen LogP contribution in [0.5, 0.6) is 0 Å². The highest BCUT2D eigenvalue weighted by Gasteiger charge is 2.13. The second-order valence-corrected chi connectivity index (χ2v) is 10.7. The molecule has 0 spiro atoms. The lowest BCUT2D eigenvalue weighted by Gasteiger charge is -2.12. The summed E-state index contributed by atoms with van der Waals surface area (Å²) in [5, 5.41) is 8.46. The quantitative estimate of drug-likeness (QED) is 0.298. The Hall–Kier alpha value is -2.46. The van der Waals surface area contributed by atoms with Gasteiger partial charge >= 0.3 is 0 Å². The number of sulfonamides is 1.